The summed E-state index contributed by atoms with van der Waals surface area (Å²) in [6.45, 7) is 5.09. The number of nitrogens with one attached hydrogen (secondary N) is 2. The molecule has 0 amide bonds. The van der Waals surface area contributed by atoms with Crippen LogP contribution < -0.4 is 10.6 Å². The van der Waals surface area contributed by atoms with Crippen molar-refractivity contribution in [2.45, 2.75) is 39.2 Å². The summed E-state index contributed by atoms with van der Waals surface area (Å²) >= 11 is 0. The smallest absolute Gasteiger partial charge is 0.244 e. The third-order valence-electron chi connectivity index (χ3n) is 3.34. The first-order chi connectivity index (χ1) is 10.3. The molecular weight excluding hydrogens is 262 g/mol. The molecule has 0 aliphatic heterocycles. The fourth-order valence-corrected chi connectivity index (χ4v) is 1.93. The van der Waals surface area contributed by atoms with E-state index in [-0.39, 0.29) is 0 Å². The minimum absolute atomic E-state index is 0.347. The molecule has 2 N–H and O–H groups in total. The molecule has 0 saturated carbocycles. The maximum atomic E-state index is 4.41. The van der Waals surface area contributed by atoms with Gasteiger partial charge in [-0.2, -0.15) is 10.1 Å². The second kappa shape index (κ2) is 8.19. The molecule has 0 aliphatic carbocycles. The molecule has 21 heavy (non-hydrogen) atoms. The van der Waals surface area contributed by atoms with E-state index in [1.807, 2.05) is 6.07 Å². The summed E-state index contributed by atoms with van der Waals surface area (Å²) in [5, 5.41) is 14.5. The van der Waals surface area contributed by atoms with Crippen LogP contribution in [0.5, 0.6) is 0 Å². The van der Waals surface area contributed by atoms with Gasteiger partial charge in [-0.25, -0.2) is 0 Å². The number of aryl methyl sites for hydroxylation is 1. The van der Waals surface area contributed by atoms with Gasteiger partial charge < -0.3 is 10.6 Å². The first-order valence-corrected chi connectivity index (χ1v) is 7.52. The maximum Gasteiger partial charge on any atom is 0.244 e. The van der Waals surface area contributed by atoms with Crippen LogP contribution in [-0.2, 0) is 6.42 Å². The van der Waals surface area contributed by atoms with Gasteiger partial charge in [0.25, 0.3) is 0 Å². The van der Waals surface area contributed by atoms with Gasteiger partial charge in [0.1, 0.15) is 5.82 Å². The van der Waals surface area contributed by atoms with Gasteiger partial charge in [0.05, 0.1) is 6.20 Å². The summed E-state index contributed by atoms with van der Waals surface area (Å²) in [4.78, 5) is 4.41. The van der Waals surface area contributed by atoms with Crippen molar-refractivity contribution in [3.05, 3.63) is 42.1 Å². The van der Waals surface area contributed by atoms with Crippen molar-refractivity contribution in [3.8, 4) is 0 Å². The van der Waals surface area contributed by atoms with Gasteiger partial charge in [-0.05, 0) is 31.7 Å². The van der Waals surface area contributed by atoms with Gasteiger partial charge in [0, 0.05) is 12.6 Å². The largest absolute Gasteiger partial charge is 0.369 e. The summed E-state index contributed by atoms with van der Waals surface area (Å²) in [5.74, 6) is 1.35. The minimum Gasteiger partial charge on any atom is -0.369 e. The Hall–Kier alpha value is -2.17. The average molecular weight is 285 g/mol. The van der Waals surface area contributed by atoms with Gasteiger partial charge in [0.2, 0.25) is 5.95 Å². The summed E-state index contributed by atoms with van der Waals surface area (Å²) in [5.41, 5.74) is 1.36. The van der Waals surface area contributed by atoms with E-state index >= 15 is 0 Å². The lowest BCUT2D eigenvalue weighted by molar-refractivity contribution is 0.745. The Morgan fingerprint density at radius 3 is 2.76 bits per heavy atom. The second-order valence-electron chi connectivity index (χ2n) is 5.13. The number of hydrogen-bond donors (Lipinski definition) is 2. The fourth-order valence-electron chi connectivity index (χ4n) is 1.93. The standard InChI is InChI=1S/C16H23N5/c1-3-13(2)19-16-20-15(12-18-21-16)17-11-7-10-14-8-5-4-6-9-14/h4-6,8-9,12-13H,3,7,10-11H2,1-2H3,(H2,17,19,20,21). The summed E-state index contributed by atoms with van der Waals surface area (Å²) in [7, 11) is 0. The number of rotatable bonds is 8. The highest BCUT2D eigenvalue weighted by Gasteiger charge is 2.03. The van der Waals surface area contributed by atoms with E-state index in [1.54, 1.807) is 6.20 Å². The molecule has 0 saturated heterocycles. The van der Waals surface area contributed by atoms with Crippen molar-refractivity contribution in [3.63, 3.8) is 0 Å². The molecule has 2 aromatic rings. The predicted molar refractivity (Wildman–Crippen MR) is 86.5 cm³/mol. The topological polar surface area (TPSA) is 62.7 Å². The highest BCUT2D eigenvalue weighted by atomic mass is 15.3. The summed E-state index contributed by atoms with van der Waals surface area (Å²) < 4.78 is 0. The van der Waals surface area contributed by atoms with Crippen LogP contribution in [0.4, 0.5) is 11.8 Å². The van der Waals surface area contributed by atoms with Crippen molar-refractivity contribution >= 4 is 11.8 Å². The first kappa shape index (κ1) is 15.2. The Morgan fingerprint density at radius 2 is 2.00 bits per heavy atom. The lowest BCUT2D eigenvalue weighted by Gasteiger charge is -2.11. The zero-order valence-electron chi connectivity index (χ0n) is 12.7. The van der Waals surface area contributed by atoms with Crippen LogP contribution in [-0.4, -0.2) is 27.8 Å². The van der Waals surface area contributed by atoms with Crippen molar-refractivity contribution in [2.75, 3.05) is 17.2 Å². The van der Waals surface area contributed by atoms with E-state index in [4.69, 9.17) is 0 Å². The Morgan fingerprint density at radius 1 is 1.19 bits per heavy atom. The van der Waals surface area contributed by atoms with Gasteiger partial charge in [-0.3, -0.25) is 0 Å². The van der Waals surface area contributed by atoms with Crippen molar-refractivity contribution in [2.24, 2.45) is 0 Å². The number of hydrogen-bond acceptors (Lipinski definition) is 5. The number of benzene rings is 1. The average Bonchev–Trinajstić information content (AvgIpc) is 2.53. The Labute approximate surface area is 126 Å². The van der Waals surface area contributed by atoms with Gasteiger partial charge in [-0.15, -0.1) is 5.10 Å². The number of nitrogens with zero attached hydrogens (tertiary/aromatic N) is 3. The second-order valence-corrected chi connectivity index (χ2v) is 5.13. The van der Waals surface area contributed by atoms with Crippen molar-refractivity contribution in [1.82, 2.24) is 15.2 Å². The molecule has 1 unspecified atom stereocenters. The Bertz CT molecular complexity index is 529. The van der Waals surface area contributed by atoms with Gasteiger partial charge >= 0.3 is 0 Å². The summed E-state index contributed by atoms with van der Waals surface area (Å²) in [6, 6.07) is 10.8. The SMILES string of the molecule is CCC(C)Nc1nncc(NCCCc2ccccc2)n1. The molecule has 5 heteroatoms. The van der Waals surface area contributed by atoms with Crippen LogP contribution in [0.25, 0.3) is 0 Å². The molecule has 0 bridgehead atoms. The zero-order valence-corrected chi connectivity index (χ0v) is 12.7. The molecule has 1 aromatic heterocycles. The molecule has 1 aromatic carbocycles. The van der Waals surface area contributed by atoms with Crippen LogP contribution >= 0.6 is 0 Å². The third-order valence-corrected chi connectivity index (χ3v) is 3.34. The zero-order chi connectivity index (χ0) is 14.9. The normalized spacial score (nSPS) is 11.9. The van der Waals surface area contributed by atoms with Gasteiger partial charge in [0.15, 0.2) is 0 Å². The molecule has 2 rings (SSSR count). The molecule has 0 fully saturated rings. The maximum absolute atomic E-state index is 4.41. The van der Waals surface area contributed by atoms with E-state index in [0.717, 1.165) is 31.6 Å². The predicted octanol–water partition coefficient (Wildman–Crippen LogP) is 3.13. The van der Waals surface area contributed by atoms with Gasteiger partial charge in [-0.1, -0.05) is 37.3 Å². The van der Waals surface area contributed by atoms with Crippen LogP contribution in [0.15, 0.2) is 36.5 Å². The van der Waals surface area contributed by atoms with Crippen molar-refractivity contribution < 1.29 is 0 Å². The quantitative estimate of drug-likeness (QED) is 0.730. The van der Waals surface area contributed by atoms with Crippen LogP contribution in [0, 0.1) is 0 Å². The van der Waals surface area contributed by atoms with Crippen molar-refractivity contribution in [1.29, 1.82) is 0 Å². The van der Waals surface area contributed by atoms with E-state index < -0.39 is 0 Å². The third kappa shape index (κ3) is 5.38. The fraction of sp³-hybridized carbons (Fsp3) is 0.438. The highest BCUT2D eigenvalue weighted by molar-refractivity contribution is 5.37. The Kier molecular flexibility index (Phi) is 5.94. The van der Waals surface area contributed by atoms with E-state index in [1.165, 1.54) is 5.56 Å². The van der Waals surface area contributed by atoms with E-state index in [2.05, 4.69) is 63.9 Å². The number of aromatic nitrogens is 3. The van der Waals surface area contributed by atoms with Crippen LogP contribution in [0.1, 0.15) is 32.3 Å². The Balaban J connectivity index is 1.76. The molecule has 0 aliphatic rings. The molecular formula is C16H23N5. The molecule has 1 atom stereocenters. The molecule has 0 spiro atoms. The molecule has 5 nitrogen and oxygen atoms in total. The van der Waals surface area contributed by atoms with Crippen LogP contribution in [0.3, 0.4) is 0 Å². The first-order valence-electron chi connectivity index (χ1n) is 7.52. The monoisotopic (exact) mass is 285 g/mol. The van der Waals surface area contributed by atoms with Crippen LogP contribution in [0.2, 0.25) is 0 Å². The number of anilines is 2. The lowest BCUT2D eigenvalue weighted by Crippen LogP contribution is -2.17. The molecule has 112 valence electrons. The lowest BCUT2D eigenvalue weighted by atomic mass is 10.1. The van der Waals surface area contributed by atoms with E-state index in [9.17, 15) is 0 Å². The minimum atomic E-state index is 0.347. The highest BCUT2D eigenvalue weighted by Crippen LogP contribution is 2.07. The summed E-state index contributed by atoms with van der Waals surface area (Å²) in [6.07, 6.45) is 4.80. The molecule has 0 radical (unpaired) electrons. The van der Waals surface area contributed by atoms with E-state index in [0.29, 0.717) is 12.0 Å². The molecule has 1 heterocycles.